The standard InChI is InChI=1S/C21H18F2N2O3S/c1-2-25(17-6-4-3-5-7-17)29(27,28)18-12-13-20(23)19(14-18)21(26)24-16-10-8-15(22)9-11-16/h3-14H,2H2,1H3,(H,24,26). The molecule has 0 bridgehead atoms. The van der Waals surface area contributed by atoms with Crippen LogP contribution >= 0.6 is 0 Å². The molecule has 0 aromatic heterocycles. The largest absolute Gasteiger partial charge is 0.322 e. The minimum Gasteiger partial charge on any atom is -0.322 e. The average Bonchev–Trinajstić information content (AvgIpc) is 2.71. The van der Waals surface area contributed by atoms with E-state index in [0.29, 0.717) is 5.69 Å². The van der Waals surface area contributed by atoms with Crippen LogP contribution in [0, 0.1) is 11.6 Å². The summed E-state index contributed by atoms with van der Waals surface area (Å²) in [6.07, 6.45) is 0. The van der Waals surface area contributed by atoms with E-state index in [1.807, 2.05) is 0 Å². The molecule has 0 aliphatic carbocycles. The molecule has 0 atom stereocenters. The summed E-state index contributed by atoms with van der Waals surface area (Å²) < 4.78 is 54.6. The SMILES string of the molecule is CCN(c1ccccc1)S(=O)(=O)c1ccc(F)c(C(=O)Nc2ccc(F)cc2)c1. The second-order valence-electron chi connectivity index (χ2n) is 6.11. The molecule has 0 saturated heterocycles. The molecular weight excluding hydrogens is 398 g/mol. The fourth-order valence-corrected chi connectivity index (χ4v) is 4.28. The molecule has 3 aromatic carbocycles. The van der Waals surface area contributed by atoms with Crippen molar-refractivity contribution in [2.45, 2.75) is 11.8 Å². The number of hydrogen-bond acceptors (Lipinski definition) is 3. The summed E-state index contributed by atoms with van der Waals surface area (Å²) in [5.74, 6) is -2.19. The van der Waals surface area contributed by atoms with Gasteiger partial charge in [-0.05, 0) is 61.5 Å². The number of amides is 1. The van der Waals surface area contributed by atoms with Crippen molar-refractivity contribution in [3.63, 3.8) is 0 Å². The average molecular weight is 416 g/mol. The van der Waals surface area contributed by atoms with E-state index in [4.69, 9.17) is 0 Å². The summed E-state index contributed by atoms with van der Waals surface area (Å²) in [5, 5.41) is 2.43. The zero-order valence-electron chi connectivity index (χ0n) is 15.5. The summed E-state index contributed by atoms with van der Waals surface area (Å²) in [7, 11) is -4.02. The summed E-state index contributed by atoms with van der Waals surface area (Å²) in [5.41, 5.74) is 0.277. The van der Waals surface area contributed by atoms with Crippen LogP contribution in [-0.4, -0.2) is 20.9 Å². The van der Waals surface area contributed by atoms with Gasteiger partial charge in [-0.25, -0.2) is 17.2 Å². The van der Waals surface area contributed by atoms with Gasteiger partial charge in [-0.15, -0.1) is 0 Å². The minimum atomic E-state index is -4.02. The summed E-state index contributed by atoms with van der Waals surface area (Å²) in [6.45, 7) is 1.83. The molecule has 1 N–H and O–H groups in total. The van der Waals surface area contributed by atoms with Gasteiger partial charge in [0.05, 0.1) is 16.1 Å². The van der Waals surface area contributed by atoms with Crippen LogP contribution < -0.4 is 9.62 Å². The number of carbonyl (C=O) groups is 1. The first-order valence-electron chi connectivity index (χ1n) is 8.77. The maximum atomic E-state index is 14.3. The highest BCUT2D eigenvalue weighted by atomic mass is 32.2. The van der Waals surface area contributed by atoms with Gasteiger partial charge < -0.3 is 5.32 Å². The van der Waals surface area contributed by atoms with Crippen molar-refractivity contribution in [1.82, 2.24) is 0 Å². The van der Waals surface area contributed by atoms with Crippen LogP contribution in [0.4, 0.5) is 20.2 Å². The van der Waals surface area contributed by atoms with Crippen LogP contribution in [0.2, 0.25) is 0 Å². The Hall–Kier alpha value is -3.26. The van der Waals surface area contributed by atoms with Gasteiger partial charge in [-0.1, -0.05) is 18.2 Å². The van der Waals surface area contributed by atoms with E-state index in [-0.39, 0.29) is 17.1 Å². The molecule has 29 heavy (non-hydrogen) atoms. The smallest absolute Gasteiger partial charge is 0.264 e. The fraction of sp³-hybridized carbons (Fsp3) is 0.0952. The fourth-order valence-electron chi connectivity index (χ4n) is 2.78. The van der Waals surface area contributed by atoms with Crippen LogP contribution in [0.1, 0.15) is 17.3 Å². The van der Waals surface area contributed by atoms with Gasteiger partial charge in [-0.3, -0.25) is 9.10 Å². The van der Waals surface area contributed by atoms with E-state index in [0.717, 1.165) is 30.3 Å². The van der Waals surface area contributed by atoms with Crippen molar-refractivity contribution in [1.29, 1.82) is 0 Å². The van der Waals surface area contributed by atoms with Crippen molar-refractivity contribution in [3.8, 4) is 0 Å². The monoisotopic (exact) mass is 416 g/mol. The first-order chi connectivity index (χ1) is 13.8. The molecule has 0 radical (unpaired) electrons. The summed E-state index contributed by atoms with van der Waals surface area (Å²) in [4.78, 5) is 12.2. The number of sulfonamides is 1. The van der Waals surface area contributed by atoms with Crippen LogP contribution in [-0.2, 0) is 10.0 Å². The highest BCUT2D eigenvalue weighted by Gasteiger charge is 2.25. The van der Waals surface area contributed by atoms with E-state index in [1.54, 1.807) is 37.3 Å². The molecule has 0 unspecified atom stereocenters. The van der Waals surface area contributed by atoms with Gasteiger partial charge in [-0.2, -0.15) is 0 Å². The Bertz CT molecular complexity index is 1120. The number of carbonyl (C=O) groups excluding carboxylic acids is 1. The van der Waals surface area contributed by atoms with Crippen molar-refractivity contribution >= 4 is 27.3 Å². The molecule has 150 valence electrons. The second-order valence-corrected chi connectivity index (χ2v) is 7.97. The third-order valence-electron chi connectivity index (χ3n) is 4.20. The zero-order valence-corrected chi connectivity index (χ0v) is 16.3. The van der Waals surface area contributed by atoms with Crippen LogP contribution in [0.5, 0.6) is 0 Å². The molecule has 0 heterocycles. The van der Waals surface area contributed by atoms with Crippen LogP contribution in [0.3, 0.4) is 0 Å². The molecule has 0 fully saturated rings. The number of anilines is 2. The van der Waals surface area contributed by atoms with E-state index < -0.39 is 33.1 Å². The molecule has 0 saturated carbocycles. The first-order valence-corrected chi connectivity index (χ1v) is 10.2. The lowest BCUT2D eigenvalue weighted by atomic mass is 10.2. The maximum absolute atomic E-state index is 14.3. The number of nitrogens with zero attached hydrogens (tertiary/aromatic N) is 1. The van der Waals surface area contributed by atoms with E-state index in [1.165, 1.54) is 16.4 Å². The lowest BCUT2D eigenvalue weighted by Crippen LogP contribution is -2.31. The Labute approximate surface area is 167 Å². The molecule has 0 aliphatic heterocycles. The highest BCUT2D eigenvalue weighted by Crippen LogP contribution is 2.25. The second kappa shape index (κ2) is 8.40. The molecule has 1 amide bonds. The van der Waals surface area contributed by atoms with Crippen molar-refractivity contribution in [3.05, 3.63) is 90.0 Å². The Morgan fingerprint density at radius 1 is 0.966 bits per heavy atom. The molecule has 3 rings (SSSR count). The molecule has 5 nitrogen and oxygen atoms in total. The highest BCUT2D eigenvalue weighted by molar-refractivity contribution is 7.92. The van der Waals surface area contributed by atoms with Crippen molar-refractivity contribution in [2.24, 2.45) is 0 Å². The normalized spacial score (nSPS) is 11.1. The third kappa shape index (κ3) is 4.43. The zero-order chi connectivity index (χ0) is 21.0. The minimum absolute atomic E-state index is 0.154. The van der Waals surface area contributed by atoms with Gasteiger partial charge in [0.1, 0.15) is 11.6 Å². The van der Waals surface area contributed by atoms with E-state index >= 15 is 0 Å². The lowest BCUT2D eigenvalue weighted by Gasteiger charge is -2.23. The van der Waals surface area contributed by atoms with Gasteiger partial charge in [0.25, 0.3) is 15.9 Å². The Balaban J connectivity index is 1.95. The number of hydrogen-bond donors (Lipinski definition) is 1. The summed E-state index contributed by atoms with van der Waals surface area (Å²) in [6, 6.07) is 16.4. The van der Waals surface area contributed by atoms with Gasteiger partial charge in [0, 0.05) is 12.2 Å². The third-order valence-corrected chi connectivity index (χ3v) is 6.10. The number of para-hydroxylation sites is 1. The Morgan fingerprint density at radius 3 is 2.24 bits per heavy atom. The van der Waals surface area contributed by atoms with Gasteiger partial charge >= 0.3 is 0 Å². The Morgan fingerprint density at radius 2 is 1.62 bits per heavy atom. The predicted molar refractivity (Wildman–Crippen MR) is 107 cm³/mol. The first kappa shape index (κ1) is 20.5. The summed E-state index contributed by atoms with van der Waals surface area (Å²) >= 11 is 0. The number of halogens is 2. The number of nitrogens with one attached hydrogen (secondary N) is 1. The van der Waals surface area contributed by atoms with Crippen molar-refractivity contribution in [2.75, 3.05) is 16.2 Å². The van der Waals surface area contributed by atoms with Crippen LogP contribution in [0.15, 0.2) is 77.7 Å². The number of benzene rings is 3. The Kier molecular flexibility index (Phi) is 5.93. The van der Waals surface area contributed by atoms with E-state index in [2.05, 4.69) is 5.32 Å². The van der Waals surface area contributed by atoms with Gasteiger partial charge in [0.15, 0.2) is 0 Å². The van der Waals surface area contributed by atoms with E-state index in [9.17, 15) is 22.0 Å². The number of rotatable bonds is 6. The topological polar surface area (TPSA) is 66.5 Å². The molecule has 0 spiro atoms. The maximum Gasteiger partial charge on any atom is 0.264 e. The van der Waals surface area contributed by atoms with Crippen LogP contribution in [0.25, 0.3) is 0 Å². The molecule has 8 heteroatoms. The molecule has 0 aliphatic rings. The quantitative estimate of drug-likeness (QED) is 0.646. The molecular formula is C21H18F2N2O3S. The van der Waals surface area contributed by atoms with Gasteiger partial charge in [0.2, 0.25) is 0 Å². The molecule has 3 aromatic rings. The lowest BCUT2D eigenvalue weighted by molar-refractivity contribution is 0.102. The predicted octanol–water partition coefficient (Wildman–Crippen LogP) is 4.43. The van der Waals surface area contributed by atoms with Crippen molar-refractivity contribution < 1.29 is 22.0 Å².